The first-order chi connectivity index (χ1) is 14.3. The van der Waals surface area contributed by atoms with Crippen LogP contribution in [-0.4, -0.2) is 17.5 Å². The molecule has 0 N–H and O–H groups in total. The van der Waals surface area contributed by atoms with Crippen LogP contribution in [0.4, 0.5) is 8.78 Å². The third kappa shape index (κ3) is 3.24. The SMILES string of the molecule is Cc1cc(C2=CC3(OC2=O)c2cc(Cl)cc(Cl)c2C3(F)F)ccc1C(=O)OC(C)(C)C. The van der Waals surface area contributed by atoms with Crippen LogP contribution >= 0.6 is 23.2 Å². The summed E-state index contributed by atoms with van der Waals surface area (Å²) in [5, 5.41) is -0.0253. The minimum absolute atomic E-state index is 0.0275. The lowest BCUT2D eigenvalue weighted by molar-refractivity contribution is -0.214. The van der Waals surface area contributed by atoms with Gasteiger partial charge in [0.25, 0.3) is 0 Å². The maximum Gasteiger partial charge on any atom is 0.340 e. The molecule has 0 radical (unpaired) electrons. The van der Waals surface area contributed by atoms with Crippen LogP contribution in [0.1, 0.15) is 53.4 Å². The quantitative estimate of drug-likeness (QED) is 0.494. The molecular formula is C23H18Cl2F2O4. The Balaban J connectivity index is 1.75. The van der Waals surface area contributed by atoms with Gasteiger partial charge in [0.2, 0.25) is 5.60 Å². The van der Waals surface area contributed by atoms with Gasteiger partial charge in [-0.2, -0.15) is 8.78 Å². The zero-order chi connectivity index (χ0) is 22.9. The van der Waals surface area contributed by atoms with Crippen LogP contribution < -0.4 is 0 Å². The third-order valence-corrected chi connectivity index (χ3v) is 5.73. The van der Waals surface area contributed by atoms with Crippen LogP contribution in [0.25, 0.3) is 5.57 Å². The van der Waals surface area contributed by atoms with Crippen molar-refractivity contribution >= 4 is 40.7 Å². The number of carbonyl (C=O) groups excluding carboxylic acids is 2. The molecule has 0 saturated heterocycles. The van der Waals surface area contributed by atoms with E-state index in [0.29, 0.717) is 16.7 Å². The van der Waals surface area contributed by atoms with Crippen LogP contribution in [0.15, 0.2) is 36.4 Å². The van der Waals surface area contributed by atoms with Gasteiger partial charge >= 0.3 is 17.9 Å². The van der Waals surface area contributed by atoms with E-state index in [0.717, 1.165) is 6.08 Å². The van der Waals surface area contributed by atoms with E-state index in [9.17, 15) is 9.59 Å². The Morgan fingerprint density at radius 1 is 1.13 bits per heavy atom. The first-order valence-corrected chi connectivity index (χ1v) is 10.2. The normalized spacial score (nSPS) is 21.3. The molecule has 2 aromatic rings. The third-order valence-electron chi connectivity index (χ3n) is 5.21. The molecule has 0 fully saturated rings. The molecule has 2 aromatic carbocycles. The zero-order valence-electron chi connectivity index (χ0n) is 17.1. The van der Waals surface area contributed by atoms with E-state index in [2.05, 4.69) is 0 Å². The van der Waals surface area contributed by atoms with Gasteiger partial charge in [-0.3, -0.25) is 0 Å². The fraction of sp³-hybridized carbons (Fsp3) is 0.304. The number of ether oxygens (including phenoxy) is 2. The van der Waals surface area contributed by atoms with Crippen molar-refractivity contribution in [3.8, 4) is 0 Å². The first kappa shape index (κ1) is 21.8. The van der Waals surface area contributed by atoms with Crippen molar-refractivity contribution in [2.75, 3.05) is 0 Å². The van der Waals surface area contributed by atoms with Gasteiger partial charge in [0.05, 0.1) is 21.7 Å². The average molecular weight is 467 g/mol. The number of aryl methyl sites for hydroxylation is 1. The number of hydrogen-bond acceptors (Lipinski definition) is 4. The Kier molecular flexibility index (Phi) is 4.76. The molecule has 1 atom stereocenters. The molecule has 0 bridgehead atoms. The summed E-state index contributed by atoms with van der Waals surface area (Å²) in [4.78, 5) is 25.0. The highest BCUT2D eigenvalue weighted by atomic mass is 35.5. The second-order valence-electron chi connectivity index (χ2n) is 8.60. The number of alkyl halides is 2. The fourth-order valence-electron chi connectivity index (χ4n) is 3.85. The molecule has 1 unspecified atom stereocenters. The van der Waals surface area contributed by atoms with E-state index >= 15 is 8.78 Å². The van der Waals surface area contributed by atoms with E-state index in [-0.39, 0.29) is 21.2 Å². The highest BCUT2D eigenvalue weighted by Crippen LogP contribution is 2.65. The molecule has 1 spiro atoms. The van der Waals surface area contributed by atoms with Crippen molar-refractivity contribution in [3.63, 3.8) is 0 Å². The van der Waals surface area contributed by atoms with Gasteiger partial charge in [-0.05, 0) is 63.1 Å². The molecular weight excluding hydrogens is 449 g/mol. The molecule has 4 nitrogen and oxygen atoms in total. The van der Waals surface area contributed by atoms with Crippen molar-refractivity contribution in [1.82, 2.24) is 0 Å². The van der Waals surface area contributed by atoms with E-state index < -0.39 is 34.6 Å². The lowest BCUT2D eigenvalue weighted by Gasteiger charge is -2.45. The summed E-state index contributed by atoms with van der Waals surface area (Å²) in [6, 6.07) is 7.11. The molecule has 31 heavy (non-hydrogen) atoms. The maximum absolute atomic E-state index is 15.0. The van der Waals surface area contributed by atoms with E-state index in [1.807, 2.05) is 0 Å². The Hall–Kier alpha value is -2.44. The molecule has 0 amide bonds. The second kappa shape index (κ2) is 6.78. The molecule has 162 valence electrons. The zero-order valence-corrected chi connectivity index (χ0v) is 18.6. The topological polar surface area (TPSA) is 52.6 Å². The van der Waals surface area contributed by atoms with Crippen LogP contribution in [-0.2, 0) is 25.8 Å². The van der Waals surface area contributed by atoms with Crippen LogP contribution in [0.5, 0.6) is 0 Å². The van der Waals surface area contributed by atoms with Crippen molar-refractivity contribution in [3.05, 3.63) is 74.3 Å². The molecule has 1 aliphatic heterocycles. The number of rotatable bonds is 2. The molecule has 0 saturated carbocycles. The molecule has 1 heterocycles. The lowest BCUT2D eigenvalue weighted by atomic mass is 9.69. The fourth-order valence-corrected chi connectivity index (χ4v) is 4.46. The number of carbonyl (C=O) groups is 2. The Labute approximate surface area is 187 Å². The summed E-state index contributed by atoms with van der Waals surface area (Å²) in [5.74, 6) is -4.92. The monoisotopic (exact) mass is 466 g/mol. The summed E-state index contributed by atoms with van der Waals surface area (Å²) < 4.78 is 40.7. The summed E-state index contributed by atoms with van der Waals surface area (Å²) in [6.45, 7) is 6.93. The predicted octanol–water partition coefficient (Wildman–Crippen LogP) is 6.20. The average Bonchev–Trinajstić information content (AvgIpc) is 2.99. The van der Waals surface area contributed by atoms with E-state index in [1.54, 1.807) is 33.8 Å². The predicted molar refractivity (Wildman–Crippen MR) is 112 cm³/mol. The molecule has 8 heteroatoms. The first-order valence-electron chi connectivity index (χ1n) is 9.45. The summed E-state index contributed by atoms with van der Waals surface area (Å²) >= 11 is 11.9. The second-order valence-corrected chi connectivity index (χ2v) is 9.44. The molecule has 4 rings (SSSR count). The number of halogens is 4. The Bertz CT molecular complexity index is 1180. The van der Waals surface area contributed by atoms with Crippen LogP contribution in [0, 0.1) is 6.92 Å². The van der Waals surface area contributed by atoms with E-state index in [1.165, 1.54) is 24.3 Å². The van der Waals surface area contributed by atoms with Crippen molar-refractivity contribution in [2.45, 2.75) is 44.8 Å². The van der Waals surface area contributed by atoms with Crippen molar-refractivity contribution in [1.29, 1.82) is 0 Å². The number of fused-ring (bicyclic) bond motifs is 2. The number of benzene rings is 2. The van der Waals surface area contributed by atoms with Gasteiger partial charge in [-0.1, -0.05) is 35.3 Å². The van der Waals surface area contributed by atoms with Crippen LogP contribution in [0.2, 0.25) is 10.0 Å². The van der Waals surface area contributed by atoms with Gasteiger partial charge in [0.1, 0.15) is 5.60 Å². The Morgan fingerprint density at radius 2 is 1.81 bits per heavy atom. The van der Waals surface area contributed by atoms with Crippen LogP contribution in [0.3, 0.4) is 0 Å². The highest BCUT2D eigenvalue weighted by Gasteiger charge is 2.71. The van der Waals surface area contributed by atoms with Gasteiger partial charge in [0, 0.05) is 10.6 Å². The van der Waals surface area contributed by atoms with Crippen molar-refractivity contribution in [2.24, 2.45) is 0 Å². The Morgan fingerprint density at radius 3 is 2.42 bits per heavy atom. The van der Waals surface area contributed by atoms with Crippen molar-refractivity contribution < 1.29 is 27.8 Å². The van der Waals surface area contributed by atoms with Gasteiger partial charge < -0.3 is 9.47 Å². The molecule has 0 aromatic heterocycles. The minimum atomic E-state index is -3.51. The van der Waals surface area contributed by atoms with Gasteiger partial charge in [-0.15, -0.1) is 0 Å². The highest BCUT2D eigenvalue weighted by molar-refractivity contribution is 6.35. The summed E-state index contributed by atoms with van der Waals surface area (Å²) in [7, 11) is 0. The maximum atomic E-state index is 15.0. The number of esters is 2. The standard InChI is InChI=1S/C23H18Cl2F2O4/c1-11-7-12(5-6-14(11)19(28)30-21(2,3)4)15-10-22(31-20(15)29)16-8-13(24)9-17(25)18(16)23(22,26)27/h5-10H,1-4H3. The number of hydrogen-bond donors (Lipinski definition) is 0. The molecule has 2 aliphatic rings. The largest absolute Gasteiger partial charge is 0.456 e. The van der Waals surface area contributed by atoms with E-state index in [4.69, 9.17) is 32.7 Å². The summed E-state index contributed by atoms with van der Waals surface area (Å²) in [6.07, 6.45) is 1.10. The summed E-state index contributed by atoms with van der Waals surface area (Å²) in [5.41, 5.74) is -2.10. The van der Waals surface area contributed by atoms with Gasteiger partial charge in [0.15, 0.2) is 0 Å². The minimum Gasteiger partial charge on any atom is -0.456 e. The van der Waals surface area contributed by atoms with Gasteiger partial charge in [-0.25, -0.2) is 9.59 Å². The molecule has 1 aliphatic carbocycles. The lowest BCUT2D eigenvalue weighted by Crippen LogP contribution is -2.53. The smallest absolute Gasteiger partial charge is 0.340 e.